The number of aliphatic hydroxyl groups excluding tert-OH is 1. The van der Waals surface area contributed by atoms with Gasteiger partial charge in [0, 0.05) is 25.7 Å². The molecule has 0 aliphatic carbocycles. The number of phosphoric ester groups is 2. The highest BCUT2D eigenvalue weighted by atomic mass is 31.2. The molecular weight excluding hydrogens is 1390 g/mol. The quantitative estimate of drug-likeness (QED) is 0.0222. The molecule has 0 aromatic rings. The minimum absolute atomic E-state index is 0.109. The summed E-state index contributed by atoms with van der Waals surface area (Å²) in [4.78, 5) is 73.2. The molecule has 0 amide bonds. The Labute approximate surface area is 658 Å². The molecule has 0 fully saturated rings. The summed E-state index contributed by atoms with van der Waals surface area (Å²) in [5, 5.41) is 10.7. The number of carbonyl (C=O) groups is 4. The minimum Gasteiger partial charge on any atom is -0.462 e. The van der Waals surface area contributed by atoms with Crippen LogP contribution in [0.25, 0.3) is 0 Å². The van der Waals surface area contributed by atoms with Gasteiger partial charge in [0.2, 0.25) is 0 Å². The normalized spacial score (nSPS) is 13.7. The summed E-state index contributed by atoms with van der Waals surface area (Å²) >= 11 is 0. The van der Waals surface area contributed by atoms with Gasteiger partial charge in [-0.3, -0.25) is 37.3 Å². The summed E-state index contributed by atoms with van der Waals surface area (Å²) < 4.78 is 68.9. The van der Waals surface area contributed by atoms with Gasteiger partial charge >= 0.3 is 39.5 Å². The molecule has 17 nitrogen and oxygen atoms in total. The van der Waals surface area contributed by atoms with Gasteiger partial charge in [0.05, 0.1) is 26.4 Å². The molecule has 107 heavy (non-hydrogen) atoms. The zero-order valence-electron chi connectivity index (χ0n) is 70.1. The van der Waals surface area contributed by atoms with Crippen LogP contribution in [-0.4, -0.2) is 96.7 Å². The Balaban J connectivity index is 5.20. The zero-order valence-corrected chi connectivity index (χ0v) is 71.9. The standard InChI is InChI=1S/C88H172O17P2/c1-5-9-13-17-21-25-29-32-35-37-39-41-42-44-46-49-52-55-59-63-67-71-75-88(93)105-84(79-99-86(91)73-69-65-61-57-53-50-48-45-43-40-38-36-33-30-26-22-18-14-10-6-2)81-103-107(96,97)101-77-82(89)76-100-106(94,95)102-80-83(78-98-85(90)72-68-64-60-56-28-24-20-16-12-8-4)104-87(92)74-70-66-62-58-54-51-47-34-31-27-23-19-15-11-7-3/h82-84,89H,5-81H2,1-4H3,(H,94,95)(H,96,97)/t82-,83+,84+/m0/s1. The molecule has 0 aromatic carbocycles. The van der Waals surface area contributed by atoms with Crippen molar-refractivity contribution in [2.75, 3.05) is 39.6 Å². The molecule has 0 aromatic heterocycles. The fourth-order valence-corrected chi connectivity index (χ4v) is 15.5. The van der Waals surface area contributed by atoms with E-state index in [0.29, 0.717) is 25.7 Å². The van der Waals surface area contributed by atoms with E-state index in [2.05, 4.69) is 27.7 Å². The predicted octanol–water partition coefficient (Wildman–Crippen LogP) is 27.3. The first-order valence-electron chi connectivity index (χ1n) is 45.8. The van der Waals surface area contributed by atoms with Crippen LogP contribution in [0.4, 0.5) is 0 Å². The Morgan fingerprint density at radius 2 is 0.374 bits per heavy atom. The number of aliphatic hydroxyl groups is 1. The van der Waals surface area contributed by atoms with Crippen molar-refractivity contribution in [3.63, 3.8) is 0 Å². The van der Waals surface area contributed by atoms with Gasteiger partial charge in [0.25, 0.3) is 0 Å². The Hall–Kier alpha value is -1.94. The van der Waals surface area contributed by atoms with Crippen LogP contribution in [0, 0.1) is 0 Å². The molecule has 0 bridgehead atoms. The van der Waals surface area contributed by atoms with Crippen LogP contribution in [0.3, 0.4) is 0 Å². The van der Waals surface area contributed by atoms with Crippen molar-refractivity contribution in [3.8, 4) is 0 Å². The third-order valence-corrected chi connectivity index (χ3v) is 22.8. The average molecular weight is 1560 g/mol. The summed E-state index contributed by atoms with van der Waals surface area (Å²) in [7, 11) is -9.93. The van der Waals surface area contributed by atoms with Gasteiger partial charge in [-0.05, 0) is 25.7 Å². The molecule has 0 saturated heterocycles. The maximum atomic E-state index is 13.2. The van der Waals surface area contributed by atoms with Crippen LogP contribution >= 0.6 is 15.6 Å². The van der Waals surface area contributed by atoms with E-state index in [1.54, 1.807) is 0 Å². The SMILES string of the molecule is CCCCCCCCCCCCCCCCCCCCCCCCC(=O)O[C@H](COC(=O)CCCCCCCCCCCCCCCCCCCCCC)COP(=O)(O)OC[C@@H](O)COP(=O)(O)OC[C@@H](COC(=O)CCCCCCCCCCCC)OC(=O)CCCCCCCCCCCCCCCCC. The molecule has 0 aliphatic rings. The molecule has 0 radical (unpaired) electrons. The first kappa shape index (κ1) is 105. The van der Waals surface area contributed by atoms with E-state index in [4.69, 9.17) is 37.0 Å². The Bertz CT molecular complexity index is 2020. The van der Waals surface area contributed by atoms with Crippen molar-refractivity contribution < 1.29 is 80.2 Å². The van der Waals surface area contributed by atoms with E-state index in [-0.39, 0.29) is 25.7 Å². The number of esters is 4. The highest BCUT2D eigenvalue weighted by Gasteiger charge is 2.30. The lowest BCUT2D eigenvalue weighted by atomic mass is 10.0. The van der Waals surface area contributed by atoms with Crippen molar-refractivity contribution in [2.45, 2.75) is 502 Å². The van der Waals surface area contributed by atoms with Crippen LogP contribution in [-0.2, 0) is 65.4 Å². The number of carbonyl (C=O) groups excluding carboxylic acids is 4. The molecule has 636 valence electrons. The first-order valence-corrected chi connectivity index (χ1v) is 48.8. The highest BCUT2D eigenvalue weighted by molar-refractivity contribution is 7.47. The fourth-order valence-electron chi connectivity index (χ4n) is 13.9. The van der Waals surface area contributed by atoms with E-state index >= 15 is 0 Å². The second-order valence-electron chi connectivity index (χ2n) is 31.6. The topological polar surface area (TPSA) is 237 Å². The van der Waals surface area contributed by atoms with E-state index in [0.717, 1.165) is 89.9 Å². The van der Waals surface area contributed by atoms with Crippen LogP contribution < -0.4 is 0 Å². The number of ether oxygens (including phenoxy) is 4. The fraction of sp³-hybridized carbons (Fsp3) is 0.955. The van der Waals surface area contributed by atoms with Gasteiger partial charge in [-0.15, -0.1) is 0 Å². The molecule has 0 saturated carbocycles. The largest absolute Gasteiger partial charge is 0.472 e. The van der Waals surface area contributed by atoms with Crippen LogP contribution in [0.5, 0.6) is 0 Å². The lowest BCUT2D eigenvalue weighted by Crippen LogP contribution is -2.30. The van der Waals surface area contributed by atoms with Crippen LogP contribution in [0.1, 0.15) is 484 Å². The Morgan fingerprint density at radius 3 is 0.551 bits per heavy atom. The Kier molecular flexibility index (Phi) is 80.6. The molecule has 0 spiro atoms. The lowest BCUT2D eigenvalue weighted by Gasteiger charge is -2.21. The summed E-state index contributed by atoms with van der Waals surface area (Å²) in [6.45, 7) is 5.06. The van der Waals surface area contributed by atoms with Crippen molar-refractivity contribution in [2.24, 2.45) is 0 Å². The third kappa shape index (κ3) is 81.9. The van der Waals surface area contributed by atoms with Crippen molar-refractivity contribution in [3.05, 3.63) is 0 Å². The highest BCUT2D eigenvalue weighted by Crippen LogP contribution is 2.45. The number of hydrogen-bond acceptors (Lipinski definition) is 15. The lowest BCUT2D eigenvalue weighted by molar-refractivity contribution is -0.161. The van der Waals surface area contributed by atoms with Gasteiger partial charge in [0.1, 0.15) is 19.3 Å². The van der Waals surface area contributed by atoms with Crippen LogP contribution in [0.15, 0.2) is 0 Å². The monoisotopic (exact) mass is 1560 g/mol. The third-order valence-electron chi connectivity index (χ3n) is 20.9. The molecule has 19 heteroatoms. The zero-order chi connectivity index (χ0) is 78.1. The second kappa shape index (κ2) is 82.1. The van der Waals surface area contributed by atoms with Gasteiger partial charge in [-0.25, -0.2) is 9.13 Å². The number of hydrogen-bond donors (Lipinski definition) is 3. The molecule has 0 heterocycles. The summed E-state index contributed by atoms with van der Waals surface area (Å²) in [6, 6.07) is 0. The number of unbranched alkanes of at least 4 members (excludes halogenated alkanes) is 63. The van der Waals surface area contributed by atoms with Crippen LogP contribution in [0.2, 0.25) is 0 Å². The molecule has 5 atom stereocenters. The van der Waals surface area contributed by atoms with Crippen molar-refractivity contribution in [1.29, 1.82) is 0 Å². The second-order valence-corrected chi connectivity index (χ2v) is 34.5. The van der Waals surface area contributed by atoms with Gasteiger partial charge < -0.3 is 33.8 Å². The van der Waals surface area contributed by atoms with Gasteiger partial charge in [-0.2, -0.15) is 0 Å². The Morgan fingerprint density at radius 1 is 0.224 bits per heavy atom. The van der Waals surface area contributed by atoms with E-state index < -0.39 is 97.5 Å². The number of rotatable bonds is 89. The van der Waals surface area contributed by atoms with E-state index in [9.17, 15) is 43.2 Å². The smallest absolute Gasteiger partial charge is 0.462 e. The maximum Gasteiger partial charge on any atom is 0.472 e. The van der Waals surface area contributed by atoms with Crippen molar-refractivity contribution >= 4 is 39.5 Å². The average Bonchev–Trinajstić information content (AvgIpc) is 0.901. The molecule has 0 rings (SSSR count). The summed E-state index contributed by atoms with van der Waals surface area (Å²) in [6.07, 6.45) is 77.9. The summed E-state index contributed by atoms with van der Waals surface area (Å²) in [5.74, 6) is -2.10. The number of phosphoric acid groups is 2. The van der Waals surface area contributed by atoms with Gasteiger partial charge in [-0.1, -0.05) is 432 Å². The maximum absolute atomic E-state index is 13.2. The molecule has 0 aliphatic heterocycles. The molecule has 3 N–H and O–H groups in total. The van der Waals surface area contributed by atoms with E-state index in [1.807, 2.05) is 0 Å². The molecular formula is C88H172O17P2. The van der Waals surface area contributed by atoms with E-state index in [1.165, 1.54) is 315 Å². The predicted molar refractivity (Wildman–Crippen MR) is 442 cm³/mol. The minimum atomic E-state index is -4.97. The first-order chi connectivity index (χ1) is 52.2. The van der Waals surface area contributed by atoms with Gasteiger partial charge in [0.15, 0.2) is 12.2 Å². The summed E-state index contributed by atoms with van der Waals surface area (Å²) in [5.41, 5.74) is 0. The van der Waals surface area contributed by atoms with Crippen molar-refractivity contribution in [1.82, 2.24) is 0 Å². The molecule has 2 unspecified atom stereocenters.